The van der Waals surface area contributed by atoms with Gasteiger partial charge in [0.25, 0.3) is 0 Å². The van der Waals surface area contributed by atoms with Crippen molar-refractivity contribution in [3.63, 3.8) is 0 Å². The van der Waals surface area contributed by atoms with Gasteiger partial charge in [0.2, 0.25) is 0 Å². The Balaban J connectivity index is 1.83. The van der Waals surface area contributed by atoms with Gasteiger partial charge in [0.1, 0.15) is 0 Å². The second-order valence-electron chi connectivity index (χ2n) is 8.66. The average Bonchev–Trinajstić information content (AvgIpc) is 3.44. The lowest BCUT2D eigenvalue weighted by Gasteiger charge is -2.03. The third-order valence-electron chi connectivity index (χ3n) is 7.22. The summed E-state index contributed by atoms with van der Waals surface area (Å²) in [6, 6.07) is 33.4. The zero-order valence-electron chi connectivity index (χ0n) is 17.1. The van der Waals surface area contributed by atoms with E-state index >= 15 is 0 Å². The van der Waals surface area contributed by atoms with Gasteiger partial charge in [-0.25, -0.2) is 0 Å². The lowest BCUT2D eigenvalue weighted by molar-refractivity contribution is 1.02. The zero-order chi connectivity index (χ0) is 20.3. The first-order chi connectivity index (χ1) is 15.3. The molecule has 31 heavy (non-hydrogen) atoms. The number of benzene rings is 5. The van der Waals surface area contributed by atoms with Crippen LogP contribution < -0.4 is 0 Å². The molecule has 0 fully saturated rings. The molecule has 0 amide bonds. The highest BCUT2D eigenvalue weighted by Gasteiger charge is 2.23. The van der Waals surface area contributed by atoms with E-state index in [0.717, 1.165) is 0 Å². The van der Waals surface area contributed by atoms with Crippen LogP contribution in [0.1, 0.15) is 0 Å². The van der Waals surface area contributed by atoms with Gasteiger partial charge in [0, 0.05) is 50.3 Å². The van der Waals surface area contributed by atoms with Crippen LogP contribution in [-0.2, 0) is 7.05 Å². The fourth-order valence-electron chi connectivity index (χ4n) is 5.97. The molecule has 0 saturated carbocycles. The van der Waals surface area contributed by atoms with Gasteiger partial charge in [-0.2, -0.15) is 0 Å². The highest BCUT2D eigenvalue weighted by Crippen LogP contribution is 2.46. The van der Waals surface area contributed by atoms with Crippen LogP contribution in [0.15, 0.2) is 91.0 Å². The fraction of sp³-hybridized carbons (Fsp3) is 0.0345. The van der Waals surface area contributed by atoms with Gasteiger partial charge >= 0.3 is 0 Å². The molecule has 0 bridgehead atoms. The van der Waals surface area contributed by atoms with E-state index in [9.17, 15) is 0 Å². The Bertz CT molecular complexity index is 2000. The minimum atomic E-state index is 1.28. The average molecular weight is 394 g/mol. The molecular formula is C29H18N2. The third kappa shape index (κ3) is 1.69. The number of nitrogens with zero attached hydrogens (tertiary/aromatic N) is 2. The maximum Gasteiger partial charge on any atom is 0.0642 e. The molecule has 8 aromatic rings. The molecule has 0 radical (unpaired) electrons. The Hall–Kier alpha value is -4.04. The van der Waals surface area contributed by atoms with Crippen molar-refractivity contribution in [3.05, 3.63) is 91.0 Å². The number of para-hydroxylation sites is 2. The van der Waals surface area contributed by atoms with Crippen molar-refractivity contribution in [1.82, 2.24) is 8.97 Å². The predicted molar refractivity (Wildman–Crippen MR) is 133 cm³/mol. The summed E-state index contributed by atoms with van der Waals surface area (Å²) in [4.78, 5) is 0. The van der Waals surface area contributed by atoms with Gasteiger partial charge in [-0.05, 0) is 23.6 Å². The van der Waals surface area contributed by atoms with Crippen molar-refractivity contribution in [2.45, 2.75) is 0 Å². The van der Waals surface area contributed by atoms with Crippen LogP contribution in [-0.4, -0.2) is 8.97 Å². The Morgan fingerprint density at radius 3 is 2.03 bits per heavy atom. The van der Waals surface area contributed by atoms with Gasteiger partial charge in [0.05, 0.1) is 22.1 Å². The van der Waals surface area contributed by atoms with Crippen molar-refractivity contribution in [3.8, 4) is 0 Å². The van der Waals surface area contributed by atoms with Gasteiger partial charge in [0.15, 0.2) is 0 Å². The highest BCUT2D eigenvalue weighted by molar-refractivity contribution is 6.35. The molecule has 2 nitrogen and oxygen atoms in total. The fourth-order valence-corrected chi connectivity index (χ4v) is 5.97. The molecule has 0 aliphatic rings. The Labute approximate surface area is 177 Å². The van der Waals surface area contributed by atoms with Gasteiger partial charge in [-0.1, -0.05) is 72.8 Å². The number of aromatic nitrogens is 2. The van der Waals surface area contributed by atoms with Crippen molar-refractivity contribution in [2.24, 2.45) is 7.05 Å². The Kier molecular flexibility index (Phi) is 2.62. The predicted octanol–water partition coefficient (Wildman–Crippen LogP) is 7.63. The minimum absolute atomic E-state index is 1.28. The zero-order valence-corrected chi connectivity index (χ0v) is 17.1. The molecule has 8 rings (SSSR count). The third-order valence-corrected chi connectivity index (χ3v) is 7.22. The number of aryl methyl sites for hydroxylation is 1. The maximum atomic E-state index is 2.51. The molecular weight excluding hydrogens is 376 g/mol. The van der Waals surface area contributed by atoms with Crippen molar-refractivity contribution in [1.29, 1.82) is 0 Å². The van der Waals surface area contributed by atoms with Crippen molar-refractivity contribution < 1.29 is 0 Å². The molecule has 2 heteroatoms. The molecule has 0 saturated heterocycles. The lowest BCUT2D eigenvalue weighted by atomic mass is 10.0. The first-order valence-electron chi connectivity index (χ1n) is 10.8. The molecule has 0 aliphatic heterocycles. The van der Waals surface area contributed by atoms with Crippen LogP contribution in [0.5, 0.6) is 0 Å². The second-order valence-corrected chi connectivity index (χ2v) is 8.66. The van der Waals surface area contributed by atoms with E-state index in [4.69, 9.17) is 0 Å². The first kappa shape index (κ1) is 15.8. The molecule has 0 unspecified atom stereocenters. The summed E-state index contributed by atoms with van der Waals surface area (Å²) in [5, 5.41) is 10.6. The van der Waals surface area contributed by atoms with Crippen LogP contribution in [0.4, 0.5) is 0 Å². The molecule has 144 valence electrons. The van der Waals surface area contributed by atoms with Crippen LogP contribution in [0.3, 0.4) is 0 Å². The number of hydrogen-bond acceptors (Lipinski definition) is 0. The Morgan fingerprint density at radius 2 is 1.16 bits per heavy atom. The summed E-state index contributed by atoms with van der Waals surface area (Å²) < 4.78 is 4.89. The van der Waals surface area contributed by atoms with E-state index in [1.807, 2.05) is 0 Å². The maximum absolute atomic E-state index is 2.51. The van der Waals surface area contributed by atoms with Crippen LogP contribution in [0.2, 0.25) is 0 Å². The highest BCUT2D eigenvalue weighted by atomic mass is 15.0. The minimum Gasteiger partial charge on any atom is -0.343 e. The molecule has 3 heterocycles. The summed E-state index contributed by atoms with van der Waals surface area (Å²) in [5.74, 6) is 0. The van der Waals surface area contributed by atoms with E-state index < -0.39 is 0 Å². The van der Waals surface area contributed by atoms with Crippen LogP contribution in [0, 0.1) is 0 Å². The van der Waals surface area contributed by atoms with Crippen molar-refractivity contribution >= 4 is 70.7 Å². The lowest BCUT2D eigenvalue weighted by Crippen LogP contribution is -1.87. The second kappa shape index (κ2) is 5.16. The summed E-state index contributed by atoms with van der Waals surface area (Å²) in [6.07, 6.45) is 0. The standard InChI is InChI=1S/C29H18N2/c1-30-24-12-6-4-10-19(24)22-16-23-20-15-14-17-8-2-3-9-18(17)27(20)31-25-13-7-5-11-21(25)26(28(22)30)29(23)31/h2-16H,1H3. The van der Waals surface area contributed by atoms with E-state index in [2.05, 4.69) is 107 Å². The largest absolute Gasteiger partial charge is 0.343 e. The smallest absolute Gasteiger partial charge is 0.0642 e. The molecule has 0 N–H and O–H groups in total. The Morgan fingerprint density at radius 1 is 0.484 bits per heavy atom. The molecule has 0 atom stereocenters. The normalized spacial score (nSPS) is 12.7. The molecule has 3 aromatic heterocycles. The van der Waals surface area contributed by atoms with E-state index in [0.29, 0.717) is 0 Å². The van der Waals surface area contributed by atoms with E-state index in [1.165, 1.54) is 70.7 Å². The van der Waals surface area contributed by atoms with E-state index in [-0.39, 0.29) is 0 Å². The summed E-state index contributed by atoms with van der Waals surface area (Å²) >= 11 is 0. The first-order valence-corrected chi connectivity index (χ1v) is 10.8. The summed E-state index contributed by atoms with van der Waals surface area (Å²) in [6.45, 7) is 0. The van der Waals surface area contributed by atoms with Crippen LogP contribution in [0.25, 0.3) is 70.7 Å². The molecule has 0 aliphatic carbocycles. The van der Waals surface area contributed by atoms with Gasteiger partial charge in [-0.15, -0.1) is 0 Å². The van der Waals surface area contributed by atoms with Crippen molar-refractivity contribution in [2.75, 3.05) is 0 Å². The summed E-state index contributed by atoms with van der Waals surface area (Å²) in [7, 11) is 2.20. The van der Waals surface area contributed by atoms with Crippen LogP contribution >= 0.6 is 0 Å². The topological polar surface area (TPSA) is 9.34 Å². The quantitative estimate of drug-likeness (QED) is 0.250. The SMILES string of the molecule is Cn1c2ccccc2c2cc3c4ccc5ccccc5c4n4c5ccccc5c(c21)c34. The molecule has 0 spiro atoms. The number of fused-ring (bicyclic) bond motifs is 12. The van der Waals surface area contributed by atoms with Gasteiger partial charge < -0.3 is 8.97 Å². The summed E-state index contributed by atoms with van der Waals surface area (Å²) in [5.41, 5.74) is 6.55. The van der Waals surface area contributed by atoms with E-state index in [1.54, 1.807) is 0 Å². The number of hydrogen-bond donors (Lipinski definition) is 0. The monoisotopic (exact) mass is 394 g/mol. The molecule has 5 aromatic carbocycles. The number of rotatable bonds is 0. The van der Waals surface area contributed by atoms with Gasteiger partial charge in [-0.3, -0.25) is 0 Å².